The first-order valence-electron chi connectivity index (χ1n) is 4.91. The van der Waals surface area contributed by atoms with Crippen LogP contribution in [0.2, 0.25) is 0 Å². The van der Waals surface area contributed by atoms with Crippen LogP contribution in [0, 0.1) is 0 Å². The van der Waals surface area contributed by atoms with Crippen LogP contribution in [-0.4, -0.2) is 25.2 Å². The highest BCUT2D eigenvalue weighted by Gasteiger charge is 2.27. The summed E-state index contributed by atoms with van der Waals surface area (Å²) in [4.78, 5) is 11.2. The van der Waals surface area contributed by atoms with E-state index in [0.29, 0.717) is 14.6 Å². The van der Waals surface area contributed by atoms with E-state index in [1.807, 2.05) is 0 Å². The van der Waals surface area contributed by atoms with Crippen LogP contribution in [0.4, 0.5) is 18.9 Å². The summed E-state index contributed by atoms with van der Waals surface area (Å²) in [5.41, 5.74) is 0.588. The molecule has 0 spiro atoms. The molecule has 0 fully saturated rings. The van der Waals surface area contributed by atoms with Crippen molar-refractivity contribution in [2.45, 2.75) is 6.18 Å². The summed E-state index contributed by atoms with van der Waals surface area (Å²) < 4.78 is 37.9. The van der Waals surface area contributed by atoms with E-state index in [0.717, 1.165) is 4.47 Å². The molecule has 19 heavy (non-hydrogen) atoms. The minimum absolute atomic E-state index is 0.255. The number of nitrogens with one attached hydrogen (secondary N) is 2. The predicted octanol–water partition coefficient (Wildman–Crippen LogP) is 4.06. The summed E-state index contributed by atoms with van der Waals surface area (Å²) in [6, 6.07) is 3.50. The quantitative estimate of drug-likeness (QED) is 0.699. The first-order chi connectivity index (χ1) is 8.69. The number of carbonyl (C=O) groups is 1. The van der Waals surface area contributed by atoms with Gasteiger partial charge in [-0.2, -0.15) is 13.2 Å². The average molecular weight is 469 g/mol. The summed E-state index contributed by atoms with van der Waals surface area (Å²) >= 11 is 9.85. The fraction of sp³-hybridized carbons (Fsp3) is 0.300. The van der Waals surface area contributed by atoms with E-state index in [1.54, 1.807) is 17.4 Å². The van der Waals surface area contributed by atoms with Crippen LogP contribution in [-0.2, 0) is 4.79 Å². The fourth-order valence-electron chi connectivity index (χ4n) is 1.14. The Balaban J connectivity index is 2.56. The number of anilines is 1. The van der Waals surface area contributed by atoms with Gasteiger partial charge in [0.25, 0.3) is 0 Å². The lowest BCUT2D eigenvalue weighted by Crippen LogP contribution is -2.37. The Morgan fingerprint density at radius 3 is 2.16 bits per heavy atom. The molecule has 1 aromatic rings. The molecule has 0 radical (unpaired) electrons. The third kappa shape index (κ3) is 6.13. The molecule has 0 atom stereocenters. The molecule has 0 saturated carbocycles. The Morgan fingerprint density at radius 1 is 1.16 bits per heavy atom. The second-order valence-electron chi connectivity index (χ2n) is 3.49. The van der Waals surface area contributed by atoms with E-state index in [1.165, 1.54) is 0 Å². The number of hydrogen-bond donors (Lipinski definition) is 2. The Hall–Kier alpha value is -0.280. The number of alkyl halides is 3. The van der Waals surface area contributed by atoms with E-state index in [4.69, 9.17) is 0 Å². The minimum atomic E-state index is -4.41. The first kappa shape index (κ1) is 16.8. The average Bonchev–Trinajstić information content (AvgIpc) is 2.23. The van der Waals surface area contributed by atoms with Gasteiger partial charge in [0.1, 0.15) is 6.54 Å². The molecule has 0 aliphatic heterocycles. The number of rotatable bonds is 4. The van der Waals surface area contributed by atoms with Gasteiger partial charge in [0, 0.05) is 13.4 Å². The second kappa shape index (κ2) is 6.94. The number of halogens is 6. The maximum absolute atomic E-state index is 11.9. The molecule has 1 aromatic carbocycles. The van der Waals surface area contributed by atoms with Crippen LogP contribution in [0.1, 0.15) is 0 Å². The molecular weight excluding hydrogens is 461 g/mol. The van der Waals surface area contributed by atoms with Gasteiger partial charge in [-0.25, -0.2) is 0 Å². The van der Waals surface area contributed by atoms with Crippen molar-refractivity contribution in [2.24, 2.45) is 0 Å². The lowest BCUT2D eigenvalue weighted by molar-refractivity contribution is -0.137. The zero-order chi connectivity index (χ0) is 14.6. The molecule has 1 rings (SSSR count). The van der Waals surface area contributed by atoms with Crippen molar-refractivity contribution >= 4 is 59.4 Å². The normalized spacial score (nSPS) is 11.3. The molecule has 106 valence electrons. The van der Waals surface area contributed by atoms with E-state index < -0.39 is 18.6 Å². The van der Waals surface area contributed by atoms with Gasteiger partial charge < -0.3 is 10.6 Å². The van der Waals surface area contributed by atoms with Gasteiger partial charge in [-0.3, -0.25) is 4.79 Å². The van der Waals surface area contributed by atoms with Crippen LogP contribution in [0.25, 0.3) is 0 Å². The molecule has 1 amide bonds. The molecular formula is C10H8Br3F3N2O. The van der Waals surface area contributed by atoms with Crippen molar-refractivity contribution in [3.05, 3.63) is 25.6 Å². The zero-order valence-corrected chi connectivity index (χ0v) is 14.0. The second-order valence-corrected chi connectivity index (χ2v) is 6.11. The molecule has 0 bridgehead atoms. The largest absolute Gasteiger partial charge is 0.405 e. The number of carbonyl (C=O) groups excluding carboxylic acids is 1. The Bertz CT molecular complexity index is 457. The van der Waals surface area contributed by atoms with E-state index in [2.05, 4.69) is 53.1 Å². The van der Waals surface area contributed by atoms with Crippen molar-refractivity contribution in [2.75, 3.05) is 18.4 Å². The molecule has 9 heteroatoms. The van der Waals surface area contributed by atoms with Gasteiger partial charge in [0.15, 0.2) is 0 Å². The highest BCUT2D eigenvalue weighted by atomic mass is 79.9. The van der Waals surface area contributed by atoms with Crippen molar-refractivity contribution < 1.29 is 18.0 Å². The predicted molar refractivity (Wildman–Crippen MR) is 77.1 cm³/mol. The van der Waals surface area contributed by atoms with Crippen molar-refractivity contribution in [3.63, 3.8) is 0 Å². The summed E-state index contributed by atoms with van der Waals surface area (Å²) in [6.07, 6.45) is -4.41. The third-order valence-electron chi connectivity index (χ3n) is 1.92. The zero-order valence-electron chi connectivity index (χ0n) is 9.24. The van der Waals surface area contributed by atoms with Crippen LogP contribution in [0.15, 0.2) is 25.6 Å². The Morgan fingerprint density at radius 2 is 1.68 bits per heavy atom. The highest BCUT2D eigenvalue weighted by Crippen LogP contribution is 2.34. The third-order valence-corrected chi connectivity index (χ3v) is 3.63. The van der Waals surface area contributed by atoms with Crippen LogP contribution in [0.5, 0.6) is 0 Å². The maximum atomic E-state index is 11.9. The standard InChI is InChI=1S/C10H8Br3F3N2O/c11-5-1-6(12)9(7(13)2-5)17-3-8(19)18-4-10(14,15)16/h1-2,17H,3-4H2,(H,18,19). The van der Waals surface area contributed by atoms with Crippen molar-refractivity contribution in [1.29, 1.82) is 0 Å². The molecule has 3 nitrogen and oxygen atoms in total. The van der Waals surface area contributed by atoms with Crippen LogP contribution < -0.4 is 10.6 Å². The summed E-state index contributed by atoms with van der Waals surface area (Å²) in [6.45, 7) is -1.59. The van der Waals surface area contributed by atoms with Gasteiger partial charge in [-0.05, 0) is 44.0 Å². The lowest BCUT2D eigenvalue weighted by atomic mass is 10.3. The van der Waals surface area contributed by atoms with E-state index in [-0.39, 0.29) is 6.54 Å². The fourth-order valence-corrected chi connectivity index (χ4v) is 3.68. The number of amides is 1. The van der Waals surface area contributed by atoms with Crippen molar-refractivity contribution in [1.82, 2.24) is 5.32 Å². The highest BCUT2D eigenvalue weighted by molar-refractivity contribution is 9.11. The molecule has 0 heterocycles. The minimum Gasteiger partial charge on any atom is -0.374 e. The first-order valence-corrected chi connectivity index (χ1v) is 7.29. The molecule has 0 unspecified atom stereocenters. The van der Waals surface area contributed by atoms with E-state index >= 15 is 0 Å². The van der Waals surface area contributed by atoms with Gasteiger partial charge >= 0.3 is 6.18 Å². The Labute approximate surface area is 132 Å². The van der Waals surface area contributed by atoms with Crippen molar-refractivity contribution in [3.8, 4) is 0 Å². The number of benzene rings is 1. The lowest BCUT2D eigenvalue weighted by Gasteiger charge is -2.12. The topological polar surface area (TPSA) is 41.1 Å². The molecule has 0 aliphatic carbocycles. The maximum Gasteiger partial charge on any atom is 0.405 e. The van der Waals surface area contributed by atoms with E-state index in [9.17, 15) is 18.0 Å². The summed E-state index contributed by atoms with van der Waals surface area (Å²) in [5.74, 6) is -0.737. The molecule has 0 aromatic heterocycles. The number of hydrogen-bond acceptors (Lipinski definition) is 2. The summed E-state index contributed by atoms with van der Waals surface area (Å²) in [7, 11) is 0. The molecule has 0 aliphatic rings. The summed E-state index contributed by atoms with van der Waals surface area (Å²) in [5, 5.41) is 4.53. The monoisotopic (exact) mass is 466 g/mol. The molecule has 2 N–H and O–H groups in total. The van der Waals surface area contributed by atoms with Gasteiger partial charge in [0.2, 0.25) is 5.91 Å². The van der Waals surface area contributed by atoms with Gasteiger partial charge in [-0.15, -0.1) is 0 Å². The van der Waals surface area contributed by atoms with Gasteiger partial charge in [-0.1, -0.05) is 15.9 Å². The SMILES string of the molecule is O=C(CNc1c(Br)cc(Br)cc1Br)NCC(F)(F)F. The smallest absolute Gasteiger partial charge is 0.374 e. The Kier molecular flexibility index (Phi) is 6.13. The van der Waals surface area contributed by atoms with Crippen LogP contribution in [0.3, 0.4) is 0 Å². The van der Waals surface area contributed by atoms with Crippen LogP contribution >= 0.6 is 47.8 Å². The van der Waals surface area contributed by atoms with Gasteiger partial charge in [0.05, 0.1) is 12.2 Å². The molecule has 0 saturated heterocycles.